The number of hydrogen-bond donors (Lipinski definition) is 1. The number of para-hydroxylation sites is 1. The van der Waals surface area contributed by atoms with Crippen LogP contribution in [0.3, 0.4) is 0 Å². The van der Waals surface area contributed by atoms with Crippen molar-refractivity contribution in [2.24, 2.45) is 0 Å². The van der Waals surface area contributed by atoms with Crippen LogP contribution < -0.4 is 5.32 Å². The molecule has 1 fully saturated rings. The molecule has 0 spiro atoms. The Morgan fingerprint density at radius 1 is 1.29 bits per heavy atom. The maximum atomic E-state index is 12.2. The molecule has 0 aliphatic carbocycles. The standard InChI is InChI=1S/C19H24N4O/c1-2-7-18(24)23-13-6-8-15(14-23)17-11-12-20-19(22-17)21-16-9-4-3-5-10-16/h3-5,9-12,15H,2,6-8,13-14H2,1H3,(H,20,21,22). The second-order valence-electron chi connectivity index (χ2n) is 6.23. The van der Waals surface area contributed by atoms with Crippen molar-refractivity contribution in [1.82, 2.24) is 14.9 Å². The van der Waals surface area contributed by atoms with Gasteiger partial charge in [0.05, 0.1) is 5.69 Å². The van der Waals surface area contributed by atoms with Gasteiger partial charge in [-0.3, -0.25) is 4.79 Å². The van der Waals surface area contributed by atoms with E-state index in [1.54, 1.807) is 6.20 Å². The number of amides is 1. The molecule has 1 atom stereocenters. The maximum absolute atomic E-state index is 12.2. The summed E-state index contributed by atoms with van der Waals surface area (Å²) in [6.45, 7) is 3.68. The Hall–Kier alpha value is -2.43. The summed E-state index contributed by atoms with van der Waals surface area (Å²) in [5.41, 5.74) is 1.98. The summed E-state index contributed by atoms with van der Waals surface area (Å²) in [5.74, 6) is 1.16. The highest BCUT2D eigenvalue weighted by molar-refractivity contribution is 5.76. The first-order chi connectivity index (χ1) is 11.8. The summed E-state index contributed by atoms with van der Waals surface area (Å²) in [6, 6.07) is 11.9. The van der Waals surface area contributed by atoms with Crippen LogP contribution in [0.25, 0.3) is 0 Å². The summed E-state index contributed by atoms with van der Waals surface area (Å²) in [4.78, 5) is 23.1. The Morgan fingerprint density at radius 3 is 2.92 bits per heavy atom. The maximum Gasteiger partial charge on any atom is 0.227 e. The number of nitrogens with one attached hydrogen (secondary N) is 1. The average molecular weight is 324 g/mol. The molecular formula is C19H24N4O. The number of benzene rings is 1. The van der Waals surface area contributed by atoms with Crippen molar-refractivity contribution in [3.8, 4) is 0 Å². The summed E-state index contributed by atoms with van der Waals surface area (Å²) < 4.78 is 0. The molecule has 0 saturated carbocycles. The fourth-order valence-electron chi connectivity index (χ4n) is 3.13. The normalized spacial score (nSPS) is 17.5. The molecule has 24 heavy (non-hydrogen) atoms. The number of carbonyl (C=O) groups is 1. The summed E-state index contributed by atoms with van der Waals surface area (Å²) in [5, 5.41) is 3.23. The fraction of sp³-hybridized carbons (Fsp3) is 0.421. The minimum Gasteiger partial charge on any atom is -0.342 e. The van der Waals surface area contributed by atoms with Gasteiger partial charge in [-0.2, -0.15) is 0 Å². The molecule has 1 amide bonds. The molecule has 0 radical (unpaired) electrons. The number of likely N-dealkylation sites (tertiary alicyclic amines) is 1. The Bertz CT molecular complexity index is 674. The minimum absolute atomic E-state index is 0.263. The first-order valence-electron chi connectivity index (χ1n) is 8.69. The third kappa shape index (κ3) is 4.10. The number of nitrogens with zero attached hydrogens (tertiary/aromatic N) is 3. The lowest BCUT2D eigenvalue weighted by molar-refractivity contribution is -0.132. The van der Waals surface area contributed by atoms with Gasteiger partial charge in [-0.25, -0.2) is 9.97 Å². The van der Waals surface area contributed by atoms with Gasteiger partial charge < -0.3 is 10.2 Å². The van der Waals surface area contributed by atoms with Crippen LogP contribution in [0.4, 0.5) is 11.6 Å². The van der Waals surface area contributed by atoms with E-state index >= 15 is 0 Å². The van der Waals surface area contributed by atoms with Crippen LogP contribution >= 0.6 is 0 Å². The van der Waals surface area contributed by atoms with Crippen LogP contribution in [0.2, 0.25) is 0 Å². The Morgan fingerprint density at radius 2 is 2.12 bits per heavy atom. The zero-order valence-corrected chi connectivity index (χ0v) is 14.1. The second kappa shape index (κ2) is 7.90. The van der Waals surface area contributed by atoms with E-state index in [0.29, 0.717) is 18.3 Å². The van der Waals surface area contributed by atoms with Crippen molar-refractivity contribution in [2.45, 2.75) is 38.5 Å². The van der Waals surface area contributed by atoms with Gasteiger partial charge in [0.25, 0.3) is 0 Å². The Labute approximate surface area is 143 Å². The van der Waals surface area contributed by atoms with E-state index in [4.69, 9.17) is 0 Å². The number of rotatable bonds is 5. The number of piperidine rings is 1. The minimum atomic E-state index is 0.263. The summed E-state index contributed by atoms with van der Waals surface area (Å²) >= 11 is 0. The molecule has 2 aromatic rings. The van der Waals surface area contributed by atoms with Crippen molar-refractivity contribution >= 4 is 17.5 Å². The van der Waals surface area contributed by atoms with E-state index < -0.39 is 0 Å². The third-order valence-electron chi connectivity index (χ3n) is 4.36. The third-order valence-corrected chi connectivity index (χ3v) is 4.36. The highest BCUT2D eigenvalue weighted by Crippen LogP contribution is 2.26. The van der Waals surface area contributed by atoms with Gasteiger partial charge in [-0.05, 0) is 37.5 Å². The zero-order chi connectivity index (χ0) is 16.8. The molecular weight excluding hydrogens is 300 g/mol. The van der Waals surface area contributed by atoms with Crippen LogP contribution in [0.15, 0.2) is 42.6 Å². The van der Waals surface area contributed by atoms with Gasteiger partial charge in [-0.15, -0.1) is 0 Å². The lowest BCUT2D eigenvalue weighted by Crippen LogP contribution is -2.39. The topological polar surface area (TPSA) is 58.1 Å². The van der Waals surface area contributed by atoms with Crippen molar-refractivity contribution in [3.63, 3.8) is 0 Å². The molecule has 5 heteroatoms. The van der Waals surface area contributed by atoms with Gasteiger partial charge in [-0.1, -0.05) is 25.1 Å². The van der Waals surface area contributed by atoms with E-state index in [0.717, 1.165) is 43.7 Å². The zero-order valence-electron chi connectivity index (χ0n) is 14.1. The SMILES string of the molecule is CCCC(=O)N1CCCC(c2ccnc(Nc3ccccc3)n2)C1. The quantitative estimate of drug-likeness (QED) is 0.910. The van der Waals surface area contributed by atoms with Crippen molar-refractivity contribution in [1.29, 1.82) is 0 Å². The predicted molar refractivity (Wildman–Crippen MR) is 95.2 cm³/mol. The first-order valence-corrected chi connectivity index (χ1v) is 8.69. The number of hydrogen-bond acceptors (Lipinski definition) is 4. The molecule has 2 heterocycles. The van der Waals surface area contributed by atoms with E-state index in [-0.39, 0.29) is 5.91 Å². The molecule has 5 nitrogen and oxygen atoms in total. The van der Waals surface area contributed by atoms with Gasteiger partial charge >= 0.3 is 0 Å². The van der Waals surface area contributed by atoms with Crippen molar-refractivity contribution in [2.75, 3.05) is 18.4 Å². The van der Waals surface area contributed by atoms with Gasteiger partial charge in [0.15, 0.2) is 0 Å². The number of anilines is 2. The fourth-order valence-corrected chi connectivity index (χ4v) is 3.13. The number of carbonyl (C=O) groups excluding carboxylic acids is 1. The average Bonchev–Trinajstić information content (AvgIpc) is 2.63. The van der Waals surface area contributed by atoms with Gasteiger partial charge in [0.1, 0.15) is 0 Å². The van der Waals surface area contributed by atoms with Crippen LogP contribution in [-0.4, -0.2) is 33.9 Å². The lowest BCUT2D eigenvalue weighted by Gasteiger charge is -2.32. The number of aromatic nitrogens is 2. The largest absolute Gasteiger partial charge is 0.342 e. The molecule has 1 saturated heterocycles. The van der Waals surface area contributed by atoms with Crippen molar-refractivity contribution < 1.29 is 4.79 Å². The monoisotopic (exact) mass is 324 g/mol. The van der Waals surface area contributed by atoms with Gasteiger partial charge in [0, 0.05) is 37.3 Å². The smallest absolute Gasteiger partial charge is 0.227 e. The molecule has 126 valence electrons. The molecule has 1 aromatic carbocycles. The predicted octanol–water partition coefficient (Wildman–Crippen LogP) is 3.73. The van der Waals surface area contributed by atoms with E-state index in [1.807, 2.05) is 48.2 Å². The van der Waals surface area contributed by atoms with Crippen LogP contribution in [0.1, 0.15) is 44.2 Å². The van der Waals surface area contributed by atoms with Crippen LogP contribution in [0, 0.1) is 0 Å². The Balaban J connectivity index is 1.70. The highest BCUT2D eigenvalue weighted by atomic mass is 16.2. The summed E-state index contributed by atoms with van der Waals surface area (Å²) in [6.07, 6.45) is 5.43. The van der Waals surface area contributed by atoms with Gasteiger partial charge in [0.2, 0.25) is 11.9 Å². The highest BCUT2D eigenvalue weighted by Gasteiger charge is 2.25. The van der Waals surface area contributed by atoms with Crippen molar-refractivity contribution in [3.05, 3.63) is 48.3 Å². The first kappa shape index (κ1) is 16.4. The second-order valence-corrected chi connectivity index (χ2v) is 6.23. The summed E-state index contributed by atoms with van der Waals surface area (Å²) in [7, 11) is 0. The molecule has 3 rings (SSSR count). The lowest BCUT2D eigenvalue weighted by atomic mass is 9.94. The van der Waals surface area contributed by atoms with Crippen LogP contribution in [-0.2, 0) is 4.79 Å². The molecule has 1 aromatic heterocycles. The Kier molecular flexibility index (Phi) is 5.41. The molecule has 0 bridgehead atoms. The van der Waals surface area contributed by atoms with E-state index in [9.17, 15) is 4.79 Å². The molecule has 1 N–H and O–H groups in total. The van der Waals surface area contributed by atoms with Crippen LogP contribution in [0.5, 0.6) is 0 Å². The molecule has 1 aliphatic rings. The van der Waals surface area contributed by atoms with E-state index in [2.05, 4.69) is 15.3 Å². The molecule has 1 aliphatic heterocycles. The van der Waals surface area contributed by atoms with E-state index in [1.165, 1.54) is 0 Å². The molecule has 1 unspecified atom stereocenters.